The van der Waals surface area contributed by atoms with Crippen LogP contribution in [0.25, 0.3) is 0 Å². The monoisotopic (exact) mass is 625 g/mol. The Bertz CT molecular complexity index is 1470. The summed E-state index contributed by atoms with van der Waals surface area (Å²) in [6.07, 6.45) is 0.700. The fraction of sp³-hybridized carbons (Fsp3) is 0.316. The van der Waals surface area contributed by atoms with Crippen LogP contribution in [0, 0.1) is 0 Å². The van der Waals surface area contributed by atoms with Gasteiger partial charge >= 0.3 is 12.1 Å². The minimum atomic E-state index is -0.937. The first-order valence-corrected chi connectivity index (χ1v) is 15.3. The molecule has 1 N–H and O–H groups in total. The standard InChI is InChI=1S/C38H43NO7/c1-37(2,46-36(41)39-34(35(40)44-5)27-28-13-8-6-9-14-28)25-12-26-45-38(29-15-10-7-11-16-29,30-17-21-32(42-3)22-18-30)31-19-23-33(43-4)24-20-31/h6-11,13-24,34H,12,25-27H2,1-5H3,(H,39,41). The predicted octanol–water partition coefficient (Wildman–Crippen LogP) is 7.08. The first-order chi connectivity index (χ1) is 22.2. The lowest BCUT2D eigenvalue weighted by Gasteiger charge is -2.36. The smallest absolute Gasteiger partial charge is 0.408 e. The summed E-state index contributed by atoms with van der Waals surface area (Å²) in [5.74, 6) is 0.952. The lowest BCUT2D eigenvalue weighted by atomic mass is 9.80. The molecule has 4 rings (SSSR count). The fourth-order valence-electron chi connectivity index (χ4n) is 5.46. The zero-order chi connectivity index (χ0) is 33.0. The number of benzene rings is 4. The number of hydrogen-bond acceptors (Lipinski definition) is 7. The second kappa shape index (κ2) is 16.0. The van der Waals surface area contributed by atoms with Gasteiger partial charge < -0.3 is 29.0 Å². The molecule has 242 valence electrons. The van der Waals surface area contributed by atoms with E-state index in [0.29, 0.717) is 19.4 Å². The minimum absolute atomic E-state index is 0.287. The van der Waals surface area contributed by atoms with Crippen molar-refractivity contribution >= 4 is 12.1 Å². The quantitative estimate of drug-likeness (QED) is 0.0857. The number of amides is 1. The molecule has 0 aliphatic heterocycles. The van der Waals surface area contributed by atoms with Crippen molar-refractivity contribution in [3.05, 3.63) is 131 Å². The molecule has 4 aromatic carbocycles. The van der Waals surface area contributed by atoms with Crippen LogP contribution in [-0.2, 0) is 31.0 Å². The minimum Gasteiger partial charge on any atom is -0.497 e. The molecule has 0 saturated heterocycles. The molecule has 0 fully saturated rings. The second-order valence-corrected chi connectivity index (χ2v) is 11.5. The van der Waals surface area contributed by atoms with Crippen LogP contribution in [0.1, 0.15) is 48.9 Å². The fourth-order valence-corrected chi connectivity index (χ4v) is 5.46. The van der Waals surface area contributed by atoms with Gasteiger partial charge in [-0.05, 0) is 73.2 Å². The van der Waals surface area contributed by atoms with Crippen molar-refractivity contribution in [1.82, 2.24) is 5.32 Å². The van der Waals surface area contributed by atoms with Crippen LogP contribution in [0.3, 0.4) is 0 Å². The number of alkyl carbamates (subject to hydrolysis) is 1. The molecule has 0 aliphatic carbocycles. The van der Waals surface area contributed by atoms with Gasteiger partial charge in [0.15, 0.2) is 0 Å². The molecular formula is C38H43NO7. The van der Waals surface area contributed by atoms with Crippen LogP contribution in [0.5, 0.6) is 11.5 Å². The highest BCUT2D eigenvalue weighted by molar-refractivity contribution is 5.81. The Labute approximate surface area is 271 Å². The van der Waals surface area contributed by atoms with Gasteiger partial charge in [0.2, 0.25) is 0 Å². The molecule has 1 amide bonds. The van der Waals surface area contributed by atoms with Crippen molar-refractivity contribution < 1.29 is 33.3 Å². The third-order valence-electron chi connectivity index (χ3n) is 7.84. The van der Waals surface area contributed by atoms with Gasteiger partial charge in [-0.1, -0.05) is 84.9 Å². The van der Waals surface area contributed by atoms with E-state index in [2.05, 4.69) is 17.4 Å². The number of rotatable bonds is 15. The van der Waals surface area contributed by atoms with Crippen LogP contribution < -0.4 is 14.8 Å². The van der Waals surface area contributed by atoms with Crippen molar-refractivity contribution in [2.45, 2.75) is 50.4 Å². The zero-order valence-electron chi connectivity index (χ0n) is 27.2. The molecule has 46 heavy (non-hydrogen) atoms. The molecule has 0 bridgehead atoms. The van der Waals surface area contributed by atoms with Gasteiger partial charge in [-0.3, -0.25) is 0 Å². The molecule has 0 aromatic heterocycles. The highest BCUT2D eigenvalue weighted by atomic mass is 16.6. The number of carbonyl (C=O) groups is 2. The highest BCUT2D eigenvalue weighted by Gasteiger charge is 2.38. The molecule has 0 radical (unpaired) electrons. The average Bonchev–Trinajstić information content (AvgIpc) is 3.08. The molecule has 8 nitrogen and oxygen atoms in total. The van der Waals surface area contributed by atoms with Crippen LogP contribution in [-0.4, -0.2) is 51.6 Å². The summed E-state index contributed by atoms with van der Waals surface area (Å²) < 4.78 is 28.5. The Balaban J connectivity index is 1.50. The van der Waals surface area contributed by atoms with Crippen LogP contribution in [0.15, 0.2) is 109 Å². The van der Waals surface area contributed by atoms with Gasteiger partial charge in [-0.25, -0.2) is 9.59 Å². The van der Waals surface area contributed by atoms with E-state index in [9.17, 15) is 9.59 Å². The number of hydrogen-bond donors (Lipinski definition) is 1. The number of nitrogens with one attached hydrogen (secondary N) is 1. The maximum atomic E-state index is 12.9. The lowest BCUT2D eigenvalue weighted by molar-refractivity contribution is -0.143. The number of esters is 1. The van der Waals surface area contributed by atoms with E-state index in [-0.39, 0.29) is 6.42 Å². The second-order valence-electron chi connectivity index (χ2n) is 11.5. The van der Waals surface area contributed by atoms with Crippen LogP contribution in [0.4, 0.5) is 4.79 Å². The van der Waals surface area contributed by atoms with Crippen molar-refractivity contribution in [3.8, 4) is 11.5 Å². The summed E-state index contributed by atoms with van der Waals surface area (Å²) in [4.78, 5) is 25.4. The molecule has 1 unspecified atom stereocenters. The van der Waals surface area contributed by atoms with E-state index in [4.69, 9.17) is 23.7 Å². The van der Waals surface area contributed by atoms with Gasteiger partial charge in [-0.2, -0.15) is 0 Å². The molecule has 4 aromatic rings. The summed E-state index contributed by atoms with van der Waals surface area (Å²) >= 11 is 0. The average molecular weight is 626 g/mol. The molecule has 0 heterocycles. The largest absolute Gasteiger partial charge is 0.497 e. The highest BCUT2D eigenvalue weighted by Crippen LogP contribution is 2.42. The van der Waals surface area contributed by atoms with E-state index in [1.165, 1.54) is 7.11 Å². The summed E-state index contributed by atoms with van der Waals surface area (Å²) in [5, 5.41) is 2.68. The van der Waals surface area contributed by atoms with E-state index < -0.39 is 29.3 Å². The van der Waals surface area contributed by atoms with E-state index >= 15 is 0 Å². The Hall–Kier alpha value is -4.82. The van der Waals surface area contributed by atoms with Crippen LogP contribution in [0.2, 0.25) is 0 Å². The van der Waals surface area contributed by atoms with E-state index in [0.717, 1.165) is 33.8 Å². The molecule has 1 atom stereocenters. The third-order valence-corrected chi connectivity index (χ3v) is 7.84. The number of ether oxygens (including phenoxy) is 5. The molecule has 8 heteroatoms. The SMILES string of the molecule is COC(=O)C(Cc1ccccc1)NC(=O)OC(C)(C)CCCOC(c1ccccc1)(c1ccc(OC)cc1)c1ccc(OC)cc1. The molecule has 0 aliphatic rings. The maximum Gasteiger partial charge on any atom is 0.408 e. The van der Waals surface area contributed by atoms with Gasteiger partial charge in [0, 0.05) is 13.0 Å². The van der Waals surface area contributed by atoms with Gasteiger partial charge in [0.25, 0.3) is 0 Å². The van der Waals surface area contributed by atoms with Crippen molar-refractivity contribution in [2.75, 3.05) is 27.9 Å². The van der Waals surface area contributed by atoms with Gasteiger partial charge in [0.1, 0.15) is 28.7 Å². The van der Waals surface area contributed by atoms with Crippen molar-refractivity contribution in [1.29, 1.82) is 0 Å². The number of methoxy groups -OCH3 is 3. The lowest BCUT2D eigenvalue weighted by Crippen LogP contribution is -2.45. The Morgan fingerprint density at radius 1 is 0.696 bits per heavy atom. The molecule has 0 spiro atoms. The first-order valence-electron chi connectivity index (χ1n) is 15.3. The normalized spacial score (nSPS) is 12.1. The van der Waals surface area contributed by atoms with Crippen molar-refractivity contribution in [2.24, 2.45) is 0 Å². The zero-order valence-corrected chi connectivity index (χ0v) is 27.2. The molecular weight excluding hydrogens is 582 g/mol. The van der Waals surface area contributed by atoms with E-state index in [1.54, 1.807) is 14.2 Å². The van der Waals surface area contributed by atoms with Crippen LogP contribution >= 0.6 is 0 Å². The summed E-state index contributed by atoms with van der Waals surface area (Å²) in [5.41, 5.74) is 1.96. The third kappa shape index (κ3) is 8.67. The van der Waals surface area contributed by atoms with Gasteiger partial charge in [-0.15, -0.1) is 0 Å². The molecule has 0 saturated carbocycles. The first kappa shape index (κ1) is 34.1. The topological polar surface area (TPSA) is 92.3 Å². The Morgan fingerprint density at radius 3 is 1.70 bits per heavy atom. The number of carbonyl (C=O) groups excluding carboxylic acids is 2. The summed E-state index contributed by atoms with van der Waals surface area (Å²) in [6, 6.07) is 34.4. The van der Waals surface area contributed by atoms with E-state index in [1.807, 2.05) is 111 Å². The summed E-state index contributed by atoms with van der Waals surface area (Å²) in [6.45, 7) is 4.04. The summed E-state index contributed by atoms with van der Waals surface area (Å²) in [7, 11) is 4.58. The van der Waals surface area contributed by atoms with Gasteiger partial charge in [0.05, 0.1) is 21.3 Å². The van der Waals surface area contributed by atoms with Crippen molar-refractivity contribution in [3.63, 3.8) is 0 Å². The predicted molar refractivity (Wildman–Crippen MR) is 177 cm³/mol. The Kier molecular flexibility index (Phi) is 11.8. The Morgan fingerprint density at radius 2 is 1.20 bits per heavy atom. The maximum absolute atomic E-state index is 12.9.